The Kier molecular flexibility index (Phi) is 6.82. The summed E-state index contributed by atoms with van der Waals surface area (Å²) in [7, 11) is 0. The monoisotopic (exact) mass is 516 g/mol. The Bertz CT molecular complexity index is 1370. The zero-order valence-corrected chi connectivity index (χ0v) is 18.2. The van der Waals surface area contributed by atoms with Gasteiger partial charge < -0.3 is 14.4 Å². The third-order valence-electron chi connectivity index (χ3n) is 5.44. The number of aliphatic hydroxyl groups is 1. The van der Waals surface area contributed by atoms with Crippen LogP contribution in [-0.4, -0.2) is 31.1 Å². The van der Waals surface area contributed by atoms with E-state index in [1.165, 1.54) is 24.3 Å². The number of nitrogens with zero attached hydrogens (tertiary/aromatic N) is 4. The summed E-state index contributed by atoms with van der Waals surface area (Å²) in [5.41, 5.74) is -4.45. The van der Waals surface area contributed by atoms with Crippen LogP contribution in [-0.2, 0) is 23.5 Å². The van der Waals surface area contributed by atoms with Crippen molar-refractivity contribution < 1.29 is 45.1 Å². The molecule has 4 rings (SSSR count). The second-order valence-electron chi connectivity index (χ2n) is 7.72. The number of benzene rings is 2. The predicted molar refractivity (Wildman–Crippen MR) is 106 cm³/mol. The maximum atomic E-state index is 14.6. The van der Waals surface area contributed by atoms with Crippen LogP contribution in [0, 0.1) is 40.7 Å². The van der Waals surface area contributed by atoms with Gasteiger partial charge in [-0.05, 0) is 13.0 Å². The van der Waals surface area contributed by atoms with Crippen molar-refractivity contribution in [2.24, 2.45) is 0 Å². The molecule has 2 aromatic carbocycles. The van der Waals surface area contributed by atoms with Crippen LogP contribution in [0.5, 0.6) is 0 Å². The fourth-order valence-corrected chi connectivity index (χ4v) is 3.51. The van der Waals surface area contributed by atoms with Crippen molar-refractivity contribution in [1.29, 1.82) is 0 Å². The van der Waals surface area contributed by atoms with Gasteiger partial charge in [-0.3, -0.25) is 0 Å². The molecule has 1 unspecified atom stereocenters. The van der Waals surface area contributed by atoms with Crippen LogP contribution >= 0.6 is 0 Å². The van der Waals surface area contributed by atoms with E-state index in [0.29, 0.717) is 6.07 Å². The quantitative estimate of drug-likeness (QED) is 0.212. The molecule has 2 aromatic heterocycles. The predicted octanol–water partition coefficient (Wildman–Crippen LogP) is 4.40. The molecule has 4 aromatic rings. The Hall–Kier alpha value is -3.78. The summed E-state index contributed by atoms with van der Waals surface area (Å²) in [5, 5.41) is 18.6. The lowest BCUT2D eigenvalue weighted by molar-refractivity contribution is -0.126. The number of aromatic nitrogens is 4. The van der Waals surface area contributed by atoms with Crippen LogP contribution in [0.3, 0.4) is 0 Å². The molecule has 2 heterocycles. The second kappa shape index (κ2) is 9.70. The molecule has 1 N–H and O–H groups in total. The highest BCUT2D eigenvalue weighted by atomic mass is 19.2. The van der Waals surface area contributed by atoms with Gasteiger partial charge in [0.1, 0.15) is 42.2 Å². The zero-order valence-electron chi connectivity index (χ0n) is 18.2. The first-order valence-corrected chi connectivity index (χ1v) is 10.1. The molecule has 0 aliphatic carbocycles. The van der Waals surface area contributed by atoms with E-state index in [1.807, 2.05) is 0 Å². The van der Waals surface area contributed by atoms with Crippen molar-refractivity contribution in [3.8, 4) is 11.3 Å². The van der Waals surface area contributed by atoms with E-state index in [0.717, 1.165) is 18.2 Å². The lowest BCUT2D eigenvalue weighted by Gasteiger charge is -2.34. The largest absolute Gasteiger partial charge is 0.380 e. The third kappa shape index (κ3) is 4.56. The maximum Gasteiger partial charge on any atom is 0.200 e. The minimum atomic E-state index is -2.32. The summed E-state index contributed by atoms with van der Waals surface area (Å²) in [4.78, 5) is 3.74. The van der Waals surface area contributed by atoms with Crippen LogP contribution in [0.4, 0.5) is 30.7 Å². The van der Waals surface area contributed by atoms with Gasteiger partial charge in [0.05, 0.1) is 18.2 Å². The number of hydrogen-bond acceptors (Lipinski definition) is 6. The number of hydrogen-bond donors (Lipinski definition) is 1. The Morgan fingerprint density at radius 2 is 1.67 bits per heavy atom. The number of ether oxygens (including phenoxy) is 1. The molecule has 2 atom stereocenters. The van der Waals surface area contributed by atoms with Gasteiger partial charge in [0.25, 0.3) is 0 Å². The average Bonchev–Trinajstić information content (AvgIpc) is 3.52. The molecule has 0 aliphatic rings. The molecule has 0 amide bonds. The summed E-state index contributed by atoms with van der Waals surface area (Å²) < 4.78 is 108. The lowest BCUT2D eigenvalue weighted by atomic mass is 9.88. The van der Waals surface area contributed by atoms with Crippen molar-refractivity contribution in [1.82, 2.24) is 19.9 Å². The van der Waals surface area contributed by atoms with E-state index in [1.54, 1.807) is 0 Å². The molecule has 0 saturated carbocycles. The van der Waals surface area contributed by atoms with Crippen molar-refractivity contribution in [3.05, 3.63) is 89.0 Å². The highest BCUT2D eigenvalue weighted by molar-refractivity contribution is 5.61. The van der Waals surface area contributed by atoms with Crippen molar-refractivity contribution in [2.75, 3.05) is 0 Å². The van der Waals surface area contributed by atoms with Crippen molar-refractivity contribution in [2.45, 2.75) is 31.8 Å². The topological polar surface area (TPSA) is 86.2 Å². The first-order chi connectivity index (χ1) is 17.0. The first kappa shape index (κ1) is 25.3. The first-order valence-electron chi connectivity index (χ1n) is 10.1. The number of rotatable bonds is 8. The van der Waals surface area contributed by atoms with Gasteiger partial charge in [0.2, 0.25) is 5.82 Å². The Labute approximate surface area is 197 Å². The van der Waals surface area contributed by atoms with Gasteiger partial charge in [-0.2, -0.15) is 5.10 Å². The smallest absolute Gasteiger partial charge is 0.200 e. The molecule has 0 bridgehead atoms. The minimum Gasteiger partial charge on any atom is -0.380 e. The van der Waals surface area contributed by atoms with E-state index < -0.39 is 70.3 Å². The molecular formula is C22H15F7N4O3. The highest BCUT2D eigenvalue weighted by Gasteiger charge is 2.40. The third-order valence-corrected chi connectivity index (χ3v) is 5.44. The van der Waals surface area contributed by atoms with E-state index in [9.17, 15) is 35.8 Å². The molecular weight excluding hydrogens is 501 g/mol. The van der Waals surface area contributed by atoms with Crippen LogP contribution < -0.4 is 0 Å². The van der Waals surface area contributed by atoms with Crippen LogP contribution in [0.2, 0.25) is 0 Å². The van der Waals surface area contributed by atoms with Gasteiger partial charge in [0, 0.05) is 17.7 Å². The Balaban J connectivity index is 1.59. The van der Waals surface area contributed by atoms with Gasteiger partial charge in [-0.15, -0.1) is 0 Å². The van der Waals surface area contributed by atoms with Crippen molar-refractivity contribution in [3.63, 3.8) is 0 Å². The van der Waals surface area contributed by atoms with Crippen molar-refractivity contribution >= 4 is 0 Å². The molecule has 0 saturated heterocycles. The van der Waals surface area contributed by atoms with Gasteiger partial charge in [0.15, 0.2) is 29.0 Å². The van der Waals surface area contributed by atoms with Gasteiger partial charge >= 0.3 is 0 Å². The molecule has 7 nitrogen and oxygen atoms in total. The Morgan fingerprint density at radius 1 is 1.00 bits per heavy atom. The minimum absolute atomic E-state index is 0.219. The summed E-state index contributed by atoms with van der Waals surface area (Å²) in [6.07, 6.45) is 1.17. The van der Waals surface area contributed by atoms with E-state index in [4.69, 9.17) is 9.26 Å². The normalized spacial score (nSPS) is 14.1. The molecule has 0 aliphatic heterocycles. The summed E-state index contributed by atoms with van der Waals surface area (Å²) in [5.74, 6) is -13.0. The standard InChI is InChI=1S/C22H15F7N4O3/c1-10(22(34,7-33-9-30-8-31-33)13-3-2-11(23)4-14(13)24)35-6-12-5-15(32-36-12)16-17(25)19(27)21(29)20(28)18(16)26/h2-5,8-10,34H,6-7H2,1H3/t10-,22?/m1/s1. The summed E-state index contributed by atoms with van der Waals surface area (Å²) in [6, 6.07) is 3.41. The lowest BCUT2D eigenvalue weighted by Crippen LogP contribution is -2.44. The molecule has 0 spiro atoms. The number of halogens is 7. The van der Waals surface area contributed by atoms with Gasteiger partial charge in [-0.25, -0.2) is 40.4 Å². The van der Waals surface area contributed by atoms with Gasteiger partial charge in [-0.1, -0.05) is 11.2 Å². The molecule has 0 radical (unpaired) electrons. The van der Waals surface area contributed by atoms with Crippen LogP contribution in [0.1, 0.15) is 18.2 Å². The zero-order chi connectivity index (χ0) is 26.2. The average molecular weight is 516 g/mol. The molecule has 0 fully saturated rings. The highest BCUT2D eigenvalue weighted by Crippen LogP contribution is 2.34. The molecule has 14 heteroatoms. The fourth-order valence-electron chi connectivity index (χ4n) is 3.51. The summed E-state index contributed by atoms with van der Waals surface area (Å²) >= 11 is 0. The Morgan fingerprint density at radius 3 is 2.28 bits per heavy atom. The van der Waals surface area contributed by atoms with Crippen LogP contribution in [0.15, 0.2) is 41.4 Å². The SMILES string of the molecule is C[C@@H](OCc1cc(-c2c(F)c(F)c(F)c(F)c2F)no1)C(O)(Cn1cncn1)c1ccc(F)cc1F. The van der Waals surface area contributed by atoms with E-state index >= 15 is 0 Å². The molecule has 36 heavy (non-hydrogen) atoms. The summed E-state index contributed by atoms with van der Waals surface area (Å²) in [6.45, 7) is 0.454. The molecule has 190 valence electrons. The van der Waals surface area contributed by atoms with Crippen LogP contribution in [0.25, 0.3) is 11.3 Å². The van der Waals surface area contributed by atoms with E-state index in [2.05, 4.69) is 15.2 Å². The fraction of sp³-hybridized carbons (Fsp3) is 0.227. The maximum absolute atomic E-state index is 14.6. The van der Waals surface area contributed by atoms with E-state index in [-0.39, 0.29) is 17.9 Å². The second-order valence-corrected chi connectivity index (χ2v) is 7.72.